The summed E-state index contributed by atoms with van der Waals surface area (Å²) >= 11 is 0. The molecule has 110 valence electrons. The minimum atomic E-state index is -0.800. The largest absolute Gasteiger partial charge is 0.390 e. The van der Waals surface area contributed by atoms with E-state index in [0.717, 1.165) is 24.8 Å². The van der Waals surface area contributed by atoms with Crippen LogP contribution in [0.1, 0.15) is 58.4 Å². The van der Waals surface area contributed by atoms with E-state index in [9.17, 15) is 9.90 Å². The van der Waals surface area contributed by atoms with E-state index >= 15 is 0 Å². The highest BCUT2D eigenvalue weighted by molar-refractivity contribution is 5.87. The van der Waals surface area contributed by atoms with E-state index in [1.54, 1.807) is 0 Å². The zero-order valence-corrected chi connectivity index (χ0v) is 13.0. The molecule has 1 aliphatic carbocycles. The first-order valence-electron chi connectivity index (χ1n) is 7.55. The SMILES string of the molecule is CC(C)(C)C(=O)C1CCCC(C)(O)C1c1ccccc1. The van der Waals surface area contributed by atoms with Crippen LogP contribution in [0.5, 0.6) is 0 Å². The zero-order chi connectivity index (χ0) is 15.0. The Morgan fingerprint density at radius 3 is 2.40 bits per heavy atom. The topological polar surface area (TPSA) is 37.3 Å². The van der Waals surface area contributed by atoms with Gasteiger partial charge in [-0.15, -0.1) is 0 Å². The molecule has 0 saturated heterocycles. The lowest BCUT2D eigenvalue weighted by Crippen LogP contribution is -2.46. The average molecular weight is 274 g/mol. The highest BCUT2D eigenvalue weighted by Crippen LogP contribution is 2.46. The molecule has 0 spiro atoms. The maximum absolute atomic E-state index is 12.8. The van der Waals surface area contributed by atoms with Crippen molar-refractivity contribution in [1.29, 1.82) is 0 Å². The highest BCUT2D eigenvalue weighted by Gasteiger charge is 2.46. The van der Waals surface area contributed by atoms with Crippen molar-refractivity contribution in [3.05, 3.63) is 35.9 Å². The summed E-state index contributed by atoms with van der Waals surface area (Å²) in [5.41, 5.74) is -0.0733. The summed E-state index contributed by atoms with van der Waals surface area (Å²) in [5, 5.41) is 10.8. The Hall–Kier alpha value is -1.15. The normalized spacial score (nSPS) is 31.1. The molecule has 0 aromatic heterocycles. The van der Waals surface area contributed by atoms with Crippen LogP contribution in [0.15, 0.2) is 30.3 Å². The fourth-order valence-corrected chi connectivity index (χ4v) is 3.53. The second kappa shape index (κ2) is 5.33. The second-order valence-electron chi connectivity index (χ2n) is 7.36. The molecule has 0 aliphatic heterocycles. The van der Waals surface area contributed by atoms with Gasteiger partial charge in [-0.25, -0.2) is 0 Å². The van der Waals surface area contributed by atoms with Crippen LogP contribution >= 0.6 is 0 Å². The molecule has 1 aliphatic rings. The number of carbonyl (C=O) groups excluding carboxylic acids is 1. The molecule has 1 fully saturated rings. The van der Waals surface area contributed by atoms with E-state index in [2.05, 4.69) is 0 Å². The Kier molecular flexibility index (Phi) is 4.06. The van der Waals surface area contributed by atoms with Crippen LogP contribution in [0.25, 0.3) is 0 Å². The minimum Gasteiger partial charge on any atom is -0.390 e. The molecule has 0 amide bonds. The van der Waals surface area contributed by atoms with Crippen molar-refractivity contribution in [1.82, 2.24) is 0 Å². The predicted octanol–water partition coefficient (Wildman–Crippen LogP) is 3.94. The molecule has 1 N–H and O–H groups in total. The maximum atomic E-state index is 12.8. The van der Waals surface area contributed by atoms with Crippen molar-refractivity contribution in [3.63, 3.8) is 0 Å². The van der Waals surface area contributed by atoms with E-state index in [1.807, 2.05) is 58.0 Å². The van der Waals surface area contributed by atoms with E-state index in [1.165, 1.54) is 0 Å². The van der Waals surface area contributed by atoms with Gasteiger partial charge in [0, 0.05) is 17.3 Å². The summed E-state index contributed by atoms with van der Waals surface area (Å²) in [6.45, 7) is 7.80. The number of hydrogen-bond acceptors (Lipinski definition) is 2. The summed E-state index contributed by atoms with van der Waals surface area (Å²) < 4.78 is 0. The third-order valence-corrected chi connectivity index (χ3v) is 4.51. The van der Waals surface area contributed by atoms with Crippen molar-refractivity contribution in [2.24, 2.45) is 11.3 Å². The Morgan fingerprint density at radius 2 is 1.85 bits per heavy atom. The van der Waals surface area contributed by atoms with Crippen LogP contribution in [0.2, 0.25) is 0 Å². The molecule has 1 aromatic carbocycles. The molecule has 0 heterocycles. The predicted molar refractivity (Wildman–Crippen MR) is 81.6 cm³/mol. The van der Waals surface area contributed by atoms with Crippen LogP contribution in [0.4, 0.5) is 0 Å². The van der Waals surface area contributed by atoms with Gasteiger partial charge in [-0.1, -0.05) is 51.1 Å². The lowest BCUT2D eigenvalue weighted by atomic mass is 9.62. The van der Waals surface area contributed by atoms with Crippen molar-refractivity contribution < 1.29 is 9.90 Å². The summed E-state index contributed by atoms with van der Waals surface area (Å²) in [6.07, 6.45) is 2.56. The van der Waals surface area contributed by atoms with E-state index in [-0.39, 0.29) is 23.0 Å². The minimum absolute atomic E-state index is 0.0823. The van der Waals surface area contributed by atoms with Gasteiger partial charge in [-0.05, 0) is 31.7 Å². The van der Waals surface area contributed by atoms with E-state index in [4.69, 9.17) is 0 Å². The second-order valence-corrected chi connectivity index (χ2v) is 7.36. The van der Waals surface area contributed by atoms with Crippen molar-refractivity contribution in [3.8, 4) is 0 Å². The van der Waals surface area contributed by atoms with Gasteiger partial charge >= 0.3 is 0 Å². The third kappa shape index (κ3) is 2.95. The lowest BCUT2D eigenvalue weighted by Gasteiger charge is -2.44. The number of ketones is 1. The first-order chi connectivity index (χ1) is 9.23. The van der Waals surface area contributed by atoms with Crippen molar-refractivity contribution in [2.45, 2.75) is 58.5 Å². The average Bonchev–Trinajstić information content (AvgIpc) is 2.36. The number of hydrogen-bond donors (Lipinski definition) is 1. The molecule has 0 radical (unpaired) electrons. The summed E-state index contributed by atoms with van der Waals surface area (Å²) in [7, 11) is 0. The van der Waals surface area contributed by atoms with Gasteiger partial charge in [-0.2, -0.15) is 0 Å². The van der Waals surface area contributed by atoms with Gasteiger partial charge in [0.1, 0.15) is 5.78 Å². The molecule has 20 heavy (non-hydrogen) atoms. The molecule has 1 aromatic rings. The first kappa shape index (κ1) is 15.2. The number of carbonyl (C=O) groups is 1. The fourth-order valence-electron chi connectivity index (χ4n) is 3.53. The Bertz CT molecular complexity index is 468. The van der Waals surface area contributed by atoms with Gasteiger partial charge in [0.05, 0.1) is 5.60 Å². The number of benzene rings is 1. The molecule has 3 atom stereocenters. The smallest absolute Gasteiger partial charge is 0.141 e. The molecule has 2 nitrogen and oxygen atoms in total. The Balaban J connectivity index is 2.41. The molecule has 2 heteroatoms. The van der Waals surface area contributed by atoms with E-state index < -0.39 is 5.60 Å². The van der Waals surface area contributed by atoms with Crippen LogP contribution in [0, 0.1) is 11.3 Å². The van der Waals surface area contributed by atoms with Crippen LogP contribution < -0.4 is 0 Å². The number of Topliss-reactive ketones (excluding diaryl/α,β-unsaturated/α-hetero) is 1. The quantitative estimate of drug-likeness (QED) is 0.887. The molecule has 0 bridgehead atoms. The van der Waals surface area contributed by atoms with Gasteiger partial charge in [0.15, 0.2) is 0 Å². The first-order valence-corrected chi connectivity index (χ1v) is 7.55. The summed E-state index contributed by atoms with van der Waals surface area (Å²) in [4.78, 5) is 12.8. The Morgan fingerprint density at radius 1 is 1.25 bits per heavy atom. The Labute approximate surface area is 122 Å². The molecular weight excluding hydrogens is 248 g/mol. The van der Waals surface area contributed by atoms with E-state index in [0.29, 0.717) is 0 Å². The standard InChI is InChI=1S/C18H26O2/c1-17(2,3)16(19)14-11-8-12-18(4,20)15(14)13-9-6-5-7-10-13/h5-7,9-10,14-15,20H,8,11-12H2,1-4H3. The fraction of sp³-hybridized carbons (Fsp3) is 0.611. The van der Waals surface area contributed by atoms with Gasteiger partial charge in [0.2, 0.25) is 0 Å². The number of aliphatic hydroxyl groups is 1. The van der Waals surface area contributed by atoms with Gasteiger partial charge in [-0.3, -0.25) is 4.79 Å². The van der Waals surface area contributed by atoms with Crippen molar-refractivity contribution >= 4 is 5.78 Å². The maximum Gasteiger partial charge on any atom is 0.141 e. The molecular formula is C18H26O2. The van der Waals surface area contributed by atoms with Crippen LogP contribution in [-0.2, 0) is 4.79 Å². The number of rotatable bonds is 2. The van der Waals surface area contributed by atoms with Gasteiger partial charge in [0.25, 0.3) is 0 Å². The molecule has 2 rings (SSSR count). The lowest BCUT2D eigenvalue weighted by molar-refractivity contribution is -0.136. The van der Waals surface area contributed by atoms with Crippen molar-refractivity contribution in [2.75, 3.05) is 0 Å². The highest BCUT2D eigenvalue weighted by atomic mass is 16.3. The summed E-state index contributed by atoms with van der Waals surface area (Å²) in [6, 6.07) is 10.0. The third-order valence-electron chi connectivity index (χ3n) is 4.51. The zero-order valence-electron chi connectivity index (χ0n) is 13.0. The van der Waals surface area contributed by atoms with Crippen LogP contribution in [0.3, 0.4) is 0 Å². The monoisotopic (exact) mass is 274 g/mol. The van der Waals surface area contributed by atoms with Crippen LogP contribution in [-0.4, -0.2) is 16.5 Å². The molecule has 1 saturated carbocycles. The summed E-state index contributed by atoms with van der Waals surface area (Å²) in [5.74, 6) is 0.0941. The van der Waals surface area contributed by atoms with Gasteiger partial charge < -0.3 is 5.11 Å². The molecule has 3 unspecified atom stereocenters.